The zero-order valence-corrected chi connectivity index (χ0v) is 15.5. The van der Waals surface area contributed by atoms with Crippen molar-refractivity contribution in [3.63, 3.8) is 0 Å². The first-order valence-electron chi connectivity index (χ1n) is 8.37. The van der Waals surface area contributed by atoms with Gasteiger partial charge in [0.25, 0.3) is 5.82 Å². The van der Waals surface area contributed by atoms with Crippen molar-refractivity contribution in [2.75, 3.05) is 5.73 Å². The Kier molecular flexibility index (Phi) is 4.49. The van der Waals surface area contributed by atoms with E-state index < -0.39 is 12.0 Å². The molecule has 0 spiro atoms. The molecular weight excluding hydrogens is 357 g/mol. The molecule has 2 aromatic heterocycles. The van der Waals surface area contributed by atoms with E-state index in [4.69, 9.17) is 5.73 Å². The van der Waals surface area contributed by atoms with Gasteiger partial charge in [0.05, 0.1) is 18.4 Å². The van der Waals surface area contributed by atoms with Crippen LogP contribution in [0.5, 0.6) is 0 Å². The first kappa shape index (κ1) is 18.9. The maximum absolute atomic E-state index is 12.8. The molecule has 0 fully saturated rings. The monoisotopic (exact) mass is 378 g/mol. The molecule has 0 amide bonds. The fraction of sp³-hybridized carbons (Fsp3) is 0.389. The maximum atomic E-state index is 12.8. The summed E-state index contributed by atoms with van der Waals surface area (Å²) in [4.78, 5) is 3.38. The van der Waals surface area contributed by atoms with Crippen molar-refractivity contribution in [1.29, 1.82) is 0 Å². The molecule has 0 saturated heterocycles. The van der Waals surface area contributed by atoms with Gasteiger partial charge in [0, 0.05) is 11.1 Å². The third-order valence-electron chi connectivity index (χ3n) is 4.12. The van der Waals surface area contributed by atoms with Gasteiger partial charge in [-0.15, -0.1) is 5.10 Å². The number of nitrogen functional groups attached to an aromatic ring is 1. The lowest BCUT2D eigenvalue weighted by Crippen LogP contribution is -2.16. The lowest BCUT2D eigenvalue weighted by atomic mass is 9.91. The Hall–Kier alpha value is -2.84. The molecule has 1 aromatic carbocycles. The summed E-state index contributed by atoms with van der Waals surface area (Å²) in [5.74, 6) is -1.18. The second kappa shape index (κ2) is 6.40. The Morgan fingerprint density at radius 3 is 2.37 bits per heavy atom. The molecule has 144 valence electrons. The molecule has 3 aromatic rings. The third-order valence-corrected chi connectivity index (χ3v) is 4.12. The number of halogens is 3. The van der Waals surface area contributed by atoms with Crippen LogP contribution < -0.4 is 5.73 Å². The van der Waals surface area contributed by atoms with Crippen LogP contribution in [0.25, 0.3) is 5.69 Å². The standard InChI is InChI=1S/C18H21F3N6/c1-11-7-12(5-6-13(11)22)8-26-9-14(15(24-26)17(2,3)4)27-10-23-16(25-27)18(19,20)21/h5-7,9-10H,8,22H2,1-4H3. The van der Waals surface area contributed by atoms with Crippen molar-refractivity contribution in [3.05, 3.63) is 53.4 Å². The summed E-state index contributed by atoms with van der Waals surface area (Å²) in [6.07, 6.45) is -1.85. The smallest absolute Gasteiger partial charge is 0.399 e. The zero-order chi connectivity index (χ0) is 20.0. The van der Waals surface area contributed by atoms with E-state index in [1.54, 1.807) is 10.9 Å². The topological polar surface area (TPSA) is 74.5 Å². The fourth-order valence-electron chi connectivity index (χ4n) is 2.73. The van der Waals surface area contributed by atoms with Gasteiger partial charge in [-0.1, -0.05) is 32.9 Å². The van der Waals surface area contributed by atoms with Crippen LogP contribution in [0, 0.1) is 6.92 Å². The van der Waals surface area contributed by atoms with E-state index >= 15 is 0 Å². The minimum Gasteiger partial charge on any atom is -0.399 e. The van der Waals surface area contributed by atoms with Crippen molar-refractivity contribution in [2.24, 2.45) is 0 Å². The van der Waals surface area contributed by atoms with Crippen molar-refractivity contribution >= 4 is 5.69 Å². The first-order valence-corrected chi connectivity index (χ1v) is 8.37. The van der Waals surface area contributed by atoms with Crippen molar-refractivity contribution in [3.8, 4) is 5.69 Å². The summed E-state index contributed by atoms with van der Waals surface area (Å²) in [5.41, 5.74) is 9.22. The molecule has 0 radical (unpaired) electrons. The number of aryl methyl sites for hydroxylation is 1. The third kappa shape index (κ3) is 3.96. The van der Waals surface area contributed by atoms with Gasteiger partial charge in [-0.05, 0) is 24.1 Å². The molecule has 9 heteroatoms. The summed E-state index contributed by atoms with van der Waals surface area (Å²) < 4.78 is 41.4. The molecule has 2 heterocycles. The average molecular weight is 378 g/mol. The van der Waals surface area contributed by atoms with Gasteiger partial charge >= 0.3 is 6.18 Å². The lowest BCUT2D eigenvalue weighted by molar-refractivity contribution is -0.144. The minimum atomic E-state index is -4.59. The Labute approximate surface area is 154 Å². The summed E-state index contributed by atoms with van der Waals surface area (Å²) in [6.45, 7) is 8.21. The molecule has 0 aliphatic rings. The van der Waals surface area contributed by atoms with Crippen LogP contribution in [0.15, 0.2) is 30.7 Å². The van der Waals surface area contributed by atoms with Gasteiger partial charge in [-0.2, -0.15) is 18.3 Å². The average Bonchev–Trinajstić information content (AvgIpc) is 3.16. The summed E-state index contributed by atoms with van der Waals surface area (Å²) in [6, 6.07) is 5.69. The van der Waals surface area contributed by atoms with Gasteiger partial charge in [-0.25, -0.2) is 9.67 Å². The summed E-state index contributed by atoms with van der Waals surface area (Å²) >= 11 is 0. The Balaban J connectivity index is 2.01. The SMILES string of the molecule is Cc1cc(Cn2cc(-n3cnc(C(F)(F)F)n3)c(C(C)(C)C)n2)ccc1N. The summed E-state index contributed by atoms with van der Waals surface area (Å²) in [5, 5.41) is 8.17. The zero-order valence-electron chi connectivity index (χ0n) is 15.5. The Morgan fingerprint density at radius 2 is 1.81 bits per heavy atom. The van der Waals surface area contributed by atoms with Gasteiger partial charge in [0.1, 0.15) is 12.0 Å². The highest BCUT2D eigenvalue weighted by Crippen LogP contribution is 2.29. The molecule has 0 bridgehead atoms. The highest BCUT2D eigenvalue weighted by Gasteiger charge is 2.36. The van der Waals surface area contributed by atoms with Crippen LogP contribution in [0.3, 0.4) is 0 Å². The highest BCUT2D eigenvalue weighted by molar-refractivity contribution is 5.47. The van der Waals surface area contributed by atoms with Gasteiger partial charge < -0.3 is 5.73 Å². The Morgan fingerprint density at radius 1 is 1.11 bits per heavy atom. The first-order chi connectivity index (χ1) is 12.4. The van der Waals surface area contributed by atoms with E-state index in [0.717, 1.165) is 22.1 Å². The largest absolute Gasteiger partial charge is 0.453 e. The number of alkyl halides is 3. The van der Waals surface area contributed by atoms with Crippen LogP contribution in [0.2, 0.25) is 0 Å². The van der Waals surface area contributed by atoms with E-state index in [1.807, 2.05) is 45.9 Å². The molecule has 0 saturated carbocycles. The van der Waals surface area contributed by atoms with Crippen LogP contribution >= 0.6 is 0 Å². The van der Waals surface area contributed by atoms with Gasteiger partial charge in [0.15, 0.2) is 0 Å². The van der Waals surface area contributed by atoms with Crippen LogP contribution in [-0.4, -0.2) is 24.5 Å². The molecule has 0 aliphatic heterocycles. The van der Waals surface area contributed by atoms with Crippen LogP contribution in [0.4, 0.5) is 18.9 Å². The molecule has 0 aliphatic carbocycles. The summed E-state index contributed by atoms with van der Waals surface area (Å²) in [7, 11) is 0. The lowest BCUT2D eigenvalue weighted by Gasteiger charge is -2.17. The second-order valence-electron chi connectivity index (χ2n) is 7.51. The van der Waals surface area contributed by atoms with Crippen LogP contribution in [-0.2, 0) is 18.1 Å². The maximum Gasteiger partial charge on any atom is 0.453 e. The van der Waals surface area contributed by atoms with E-state index in [-0.39, 0.29) is 5.41 Å². The highest BCUT2D eigenvalue weighted by atomic mass is 19.4. The number of benzene rings is 1. The molecular formula is C18H21F3N6. The molecule has 2 N–H and O–H groups in total. The van der Waals surface area contributed by atoms with E-state index in [2.05, 4.69) is 15.2 Å². The number of anilines is 1. The van der Waals surface area contributed by atoms with Crippen molar-refractivity contribution < 1.29 is 13.2 Å². The van der Waals surface area contributed by atoms with Gasteiger partial charge in [-0.3, -0.25) is 4.68 Å². The number of aromatic nitrogens is 5. The molecule has 0 atom stereocenters. The van der Waals surface area contributed by atoms with Crippen molar-refractivity contribution in [2.45, 2.75) is 45.8 Å². The number of hydrogen-bond donors (Lipinski definition) is 1. The van der Waals surface area contributed by atoms with E-state index in [0.29, 0.717) is 23.6 Å². The fourth-order valence-corrected chi connectivity index (χ4v) is 2.73. The molecule has 3 rings (SSSR count). The van der Waals surface area contributed by atoms with Crippen molar-refractivity contribution in [1.82, 2.24) is 24.5 Å². The minimum absolute atomic E-state index is 0.387. The number of nitrogens with zero attached hydrogens (tertiary/aromatic N) is 5. The number of rotatable bonds is 3. The van der Waals surface area contributed by atoms with E-state index in [9.17, 15) is 13.2 Å². The second-order valence-corrected chi connectivity index (χ2v) is 7.51. The van der Waals surface area contributed by atoms with Gasteiger partial charge in [0.2, 0.25) is 0 Å². The molecule has 27 heavy (non-hydrogen) atoms. The Bertz CT molecular complexity index is 962. The molecule has 0 unspecified atom stereocenters. The predicted molar refractivity (Wildman–Crippen MR) is 95.5 cm³/mol. The number of nitrogens with two attached hydrogens (primary N) is 1. The predicted octanol–water partition coefficient (Wildman–Crippen LogP) is 3.72. The van der Waals surface area contributed by atoms with E-state index in [1.165, 1.54) is 0 Å². The quantitative estimate of drug-likeness (QED) is 0.705. The molecule has 6 nitrogen and oxygen atoms in total. The normalized spacial score (nSPS) is 12.6. The number of hydrogen-bond acceptors (Lipinski definition) is 4. The van der Waals surface area contributed by atoms with Crippen LogP contribution in [0.1, 0.15) is 43.4 Å².